The minimum Gasteiger partial charge on any atom is -0.480 e. The van der Waals surface area contributed by atoms with E-state index in [1.165, 1.54) is 0 Å². The molecule has 1 aliphatic heterocycles. The molecule has 2 unspecified atom stereocenters. The lowest BCUT2D eigenvalue weighted by Gasteiger charge is -2.22. The first-order valence-corrected chi connectivity index (χ1v) is 5.43. The van der Waals surface area contributed by atoms with Crippen LogP contribution < -0.4 is 0 Å². The number of carboxylic acids is 1. The normalized spacial score (nSPS) is 25.8. The van der Waals surface area contributed by atoms with E-state index in [1.54, 1.807) is 0 Å². The van der Waals surface area contributed by atoms with Crippen LogP contribution in [-0.4, -0.2) is 39.8 Å². The smallest absolute Gasteiger partial charge is 0.408 e. The molecule has 92 valence electrons. The van der Waals surface area contributed by atoms with Crippen LogP contribution in [0.5, 0.6) is 0 Å². The lowest BCUT2D eigenvalue weighted by molar-refractivity contribution is -0.141. The summed E-state index contributed by atoms with van der Waals surface area (Å²) < 4.78 is 0. The van der Waals surface area contributed by atoms with Crippen molar-refractivity contribution >= 4 is 12.1 Å². The molecule has 0 spiro atoms. The molecular weight excluding hydrogens is 210 g/mol. The van der Waals surface area contributed by atoms with Gasteiger partial charge in [-0.1, -0.05) is 20.8 Å². The van der Waals surface area contributed by atoms with Gasteiger partial charge in [0.05, 0.1) is 0 Å². The van der Waals surface area contributed by atoms with Gasteiger partial charge in [-0.3, -0.25) is 4.90 Å². The number of carbonyl (C=O) groups is 2. The van der Waals surface area contributed by atoms with E-state index in [0.717, 1.165) is 11.3 Å². The highest BCUT2D eigenvalue weighted by Gasteiger charge is 2.40. The summed E-state index contributed by atoms with van der Waals surface area (Å²) in [6.45, 7) is 6.56. The summed E-state index contributed by atoms with van der Waals surface area (Å²) >= 11 is 0. The van der Waals surface area contributed by atoms with Crippen LogP contribution in [0.2, 0.25) is 0 Å². The van der Waals surface area contributed by atoms with E-state index >= 15 is 0 Å². The minimum atomic E-state index is -1.14. The summed E-state index contributed by atoms with van der Waals surface area (Å²) in [5, 5.41) is 17.9. The third-order valence-corrected chi connectivity index (χ3v) is 2.82. The molecule has 0 aliphatic carbocycles. The van der Waals surface area contributed by atoms with Crippen LogP contribution in [0.25, 0.3) is 0 Å². The van der Waals surface area contributed by atoms with Crippen molar-refractivity contribution in [3.63, 3.8) is 0 Å². The van der Waals surface area contributed by atoms with Crippen molar-refractivity contribution in [2.75, 3.05) is 6.54 Å². The number of hydrogen-bond acceptors (Lipinski definition) is 2. The fourth-order valence-corrected chi connectivity index (χ4v) is 2.38. The molecule has 5 nitrogen and oxygen atoms in total. The van der Waals surface area contributed by atoms with E-state index in [0.29, 0.717) is 13.0 Å². The zero-order valence-electron chi connectivity index (χ0n) is 9.93. The van der Waals surface area contributed by atoms with Crippen LogP contribution >= 0.6 is 0 Å². The molecule has 2 atom stereocenters. The summed E-state index contributed by atoms with van der Waals surface area (Å²) in [4.78, 5) is 22.9. The molecule has 0 aromatic carbocycles. The Morgan fingerprint density at radius 3 is 2.19 bits per heavy atom. The summed E-state index contributed by atoms with van der Waals surface area (Å²) in [6.07, 6.45) is 0.142. The van der Waals surface area contributed by atoms with Crippen molar-refractivity contribution < 1.29 is 19.8 Å². The molecule has 1 rings (SSSR count). The Kier molecular flexibility index (Phi) is 3.45. The number of hydrogen-bond donors (Lipinski definition) is 2. The number of carboxylic acid groups (broad SMARTS) is 2. The minimum absolute atomic E-state index is 0.0994. The van der Waals surface area contributed by atoms with Crippen molar-refractivity contribution in [3.05, 3.63) is 0 Å². The molecular formula is C11H19NO4. The largest absolute Gasteiger partial charge is 0.480 e. The van der Waals surface area contributed by atoms with Crippen molar-refractivity contribution in [1.29, 1.82) is 0 Å². The zero-order valence-corrected chi connectivity index (χ0v) is 9.93. The summed E-state index contributed by atoms with van der Waals surface area (Å²) in [7, 11) is 0. The Morgan fingerprint density at radius 2 is 1.88 bits per heavy atom. The first-order valence-electron chi connectivity index (χ1n) is 5.43. The van der Waals surface area contributed by atoms with Gasteiger partial charge < -0.3 is 10.2 Å². The van der Waals surface area contributed by atoms with Gasteiger partial charge in [0.15, 0.2) is 0 Å². The first-order chi connectivity index (χ1) is 7.20. The maximum atomic E-state index is 10.9. The van der Waals surface area contributed by atoms with Gasteiger partial charge in [-0.05, 0) is 24.2 Å². The van der Waals surface area contributed by atoms with E-state index in [1.807, 2.05) is 0 Å². The third-order valence-electron chi connectivity index (χ3n) is 2.82. The SMILES string of the molecule is CC(C)(C)CC1CC(C(=O)O)N(C(=O)O)C1. The maximum Gasteiger partial charge on any atom is 0.408 e. The number of likely N-dealkylation sites (tertiary alicyclic amines) is 1. The molecule has 5 heteroatoms. The van der Waals surface area contributed by atoms with Crippen LogP contribution in [0, 0.1) is 11.3 Å². The Hall–Kier alpha value is -1.26. The van der Waals surface area contributed by atoms with Crippen molar-refractivity contribution in [1.82, 2.24) is 4.90 Å². The molecule has 0 bridgehead atoms. The molecule has 2 N–H and O–H groups in total. The van der Waals surface area contributed by atoms with Crippen LogP contribution in [-0.2, 0) is 4.79 Å². The van der Waals surface area contributed by atoms with Gasteiger partial charge >= 0.3 is 12.1 Å². The molecule has 0 aromatic heterocycles. The van der Waals surface area contributed by atoms with Crippen molar-refractivity contribution in [2.24, 2.45) is 11.3 Å². The fourth-order valence-electron chi connectivity index (χ4n) is 2.38. The van der Waals surface area contributed by atoms with Crippen LogP contribution in [0.3, 0.4) is 0 Å². The predicted molar refractivity (Wildman–Crippen MR) is 58.3 cm³/mol. The molecule has 0 radical (unpaired) electrons. The highest BCUT2D eigenvalue weighted by Crippen LogP contribution is 2.33. The molecule has 0 saturated carbocycles. The van der Waals surface area contributed by atoms with E-state index in [-0.39, 0.29) is 11.3 Å². The Morgan fingerprint density at radius 1 is 1.31 bits per heavy atom. The van der Waals surface area contributed by atoms with Crippen LogP contribution in [0.1, 0.15) is 33.6 Å². The molecule has 1 fully saturated rings. The highest BCUT2D eigenvalue weighted by molar-refractivity contribution is 5.80. The van der Waals surface area contributed by atoms with Crippen LogP contribution in [0.4, 0.5) is 4.79 Å². The van der Waals surface area contributed by atoms with E-state index in [4.69, 9.17) is 10.2 Å². The van der Waals surface area contributed by atoms with Crippen LogP contribution in [0.15, 0.2) is 0 Å². The van der Waals surface area contributed by atoms with E-state index in [2.05, 4.69) is 20.8 Å². The summed E-state index contributed by atoms with van der Waals surface area (Å²) in [6, 6.07) is -0.871. The zero-order chi connectivity index (χ0) is 12.5. The average Bonchev–Trinajstić information content (AvgIpc) is 2.44. The summed E-state index contributed by atoms with van der Waals surface area (Å²) in [5.74, 6) is -0.893. The van der Waals surface area contributed by atoms with Gasteiger partial charge in [-0.15, -0.1) is 0 Å². The Bertz CT molecular complexity index is 273. The topological polar surface area (TPSA) is 77.8 Å². The highest BCUT2D eigenvalue weighted by atomic mass is 16.4. The van der Waals surface area contributed by atoms with Gasteiger partial charge in [-0.2, -0.15) is 0 Å². The van der Waals surface area contributed by atoms with E-state index in [9.17, 15) is 9.59 Å². The number of aliphatic carboxylic acids is 1. The lowest BCUT2D eigenvalue weighted by atomic mass is 9.84. The number of amides is 1. The average molecular weight is 229 g/mol. The first kappa shape index (κ1) is 12.8. The van der Waals surface area contributed by atoms with E-state index < -0.39 is 18.1 Å². The quantitative estimate of drug-likeness (QED) is 0.757. The monoisotopic (exact) mass is 229 g/mol. The fraction of sp³-hybridized carbons (Fsp3) is 0.818. The number of nitrogens with zero attached hydrogens (tertiary/aromatic N) is 1. The molecule has 1 saturated heterocycles. The van der Waals surface area contributed by atoms with Gasteiger partial charge in [0.2, 0.25) is 0 Å². The maximum absolute atomic E-state index is 10.9. The second-order valence-electron chi connectivity index (χ2n) is 5.66. The van der Waals surface area contributed by atoms with Gasteiger partial charge in [0.1, 0.15) is 6.04 Å². The van der Waals surface area contributed by atoms with Gasteiger partial charge in [-0.25, -0.2) is 9.59 Å². The molecule has 16 heavy (non-hydrogen) atoms. The second kappa shape index (κ2) is 4.31. The van der Waals surface area contributed by atoms with Gasteiger partial charge in [0, 0.05) is 6.54 Å². The Labute approximate surface area is 95.1 Å². The van der Waals surface area contributed by atoms with Crippen molar-refractivity contribution in [2.45, 2.75) is 39.7 Å². The molecule has 1 heterocycles. The standard InChI is InChI=1S/C11H19NO4/c1-11(2,3)5-7-4-8(9(13)14)12(6-7)10(15)16/h7-8H,4-6H2,1-3H3,(H,13,14)(H,15,16). The third kappa shape index (κ3) is 3.12. The predicted octanol–water partition coefficient (Wildman–Crippen LogP) is 1.88. The Balaban J connectivity index is 2.69. The lowest BCUT2D eigenvalue weighted by Crippen LogP contribution is -2.39. The van der Waals surface area contributed by atoms with Crippen molar-refractivity contribution in [3.8, 4) is 0 Å². The number of rotatable bonds is 2. The molecule has 1 aliphatic rings. The second-order valence-corrected chi connectivity index (χ2v) is 5.66. The molecule has 1 amide bonds. The molecule has 0 aromatic rings. The van der Waals surface area contributed by atoms with Gasteiger partial charge in [0.25, 0.3) is 0 Å². The summed E-state index contributed by atoms with van der Waals surface area (Å²) in [5.41, 5.74) is 0.0994.